The number of hydrogen-bond donors (Lipinski definition) is 0. The van der Waals surface area contributed by atoms with Gasteiger partial charge in [0.05, 0.1) is 16.8 Å². The lowest BCUT2D eigenvalue weighted by Gasteiger charge is -2.28. The largest absolute Gasteiger partial charge is 0.299 e. The molecule has 2 aromatic carbocycles. The SMILES string of the molecule is N#CC1CCN(Cc2cn(-c3ccc(Cl)c(F)c3)nc2-c2ccccc2F)CC1. The highest BCUT2D eigenvalue weighted by Crippen LogP contribution is 2.29. The Morgan fingerprint density at radius 1 is 1.10 bits per heavy atom. The molecule has 148 valence electrons. The van der Waals surface area contributed by atoms with Crippen LogP contribution in [0.3, 0.4) is 0 Å². The zero-order valence-electron chi connectivity index (χ0n) is 15.7. The van der Waals surface area contributed by atoms with Crippen molar-refractivity contribution in [2.75, 3.05) is 13.1 Å². The van der Waals surface area contributed by atoms with Crippen molar-refractivity contribution in [3.63, 3.8) is 0 Å². The lowest BCUT2D eigenvalue weighted by atomic mass is 9.98. The maximum Gasteiger partial charge on any atom is 0.143 e. The molecule has 4 nitrogen and oxygen atoms in total. The minimum Gasteiger partial charge on any atom is -0.299 e. The van der Waals surface area contributed by atoms with E-state index in [2.05, 4.69) is 16.1 Å². The number of piperidine rings is 1. The quantitative estimate of drug-likeness (QED) is 0.591. The maximum atomic E-state index is 14.5. The molecular formula is C22H19ClF2N4. The molecular weight excluding hydrogens is 394 g/mol. The molecule has 0 unspecified atom stereocenters. The standard InChI is InChI=1S/C22H19ClF2N4/c23-19-6-5-17(11-21(19)25)29-14-16(13-28-9-7-15(12-26)8-10-28)22(27-29)18-3-1-2-4-20(18)24/h1-6,11,14-15H,7-10,13H2. The Hall–Kier alpha value is -2.75. The van der Waals surface area contributed by atoms with Crippen LogP contribution in [-0.2, 0) is 6.54 Å². The molecule has 0 N–H and O–H groups in total. The van der Waals surface area contributed by atoms with Gasteiger partial charge in [0.15, 0.2) is 0 Å². The summed E-state index contributed by atoms with van der Waals surface area (Å²) in [7, 11) is 0. The van der Waals surface area contributed by atoms with Crippen molar-refractivity contribution in [1.82, 2.24) is 14.7 Å². The lowest BCUT2D eigenvalue weighted by Crippen LogP contribution is -2.32. The first kappa shape index (κ1) is 19.6. The highest BCUT2D eigenvalue weighted by atomic mass is 35.5. The third-order valence-electron chi connectivity index (χ3n) is 5.25. The van der Waals surface area contributed by atoms with Crippen LogP contribution >= 0.6 is 11.6 Å². The molecule has 2 heterocycles. The van der Waals surface area contributed by atoms with Crippen LogP contribution < -0.4 is 0 Å². The molecule has 0 radical (unpaired) electrons. The van der Waals surface area contributed by atoms with Gasteiger partial charge in [0.1, 0.15) is 17.3 Å². The number of aromatic nitrogens is 2. The molecule has 1 aliphatic heterocycles. The fourth-order valence-corrected chi connectivity index (χ4v) is 3.74. The summed E-state index contributed by atoms with van der Waals surface area (Å²) >= 11 is 5.79. The van der Waals surface area contributed by atoms with Gasteiger partial charge >= 0.3 is 0 Å². The first-order valence-corrected chi connectivity index (χ1v) is 9.84. The Labute approximate surface area is 172 Å². The van der Waals surface area contributed by atoms with Crippen molar-refractivity contribution in [2.45, 2.75) is 19.4 Å². The summed E-state index contributed by atoms with van der Waals surface area (Å²) in [4.78, 5) is 2.24. The van der Waals surface area contributed by atoms with E-state index in [9.17, 15) is 8.78 Å². The van der Waals surface area contributed by atoms with E-state index in [1.165, 1.54) is 18.2 Å². The van der Waals surface area contributed by atoms with Crippen LogP contribution in [0.1, 0.15) is 18.4 Å². The molecule has 29 heavy (non-hydrogen) atoms. The van der Waals surface area contributed by atoms with Crippen LogP contribution in [0.4, 0.5) is 8.78 Å². The molecule has 0 spiro atoms. The minimum atomic E-state index is -0.535. The summed E-state index contributed by atoms with van der Waals surface area (Å²) in [6.07, 6.45) is 3.45. The van der Waals surface area contributed by atoms with Crippen molar-refractivity contribution in [3.8, 4) is 23.0 Å². The van der Waals surface area contributed by atoms with Crippen molar-refractivity contribution in [3.05, 3.63) is 70.9 Å². The predicted molar refractivity (Wildman–Crippen MR) is 108 cm³/mol. The van der Waals surface area contributed by atoms with Gasteiger partial charge < -0.3 is 0 Å². The third-order valence-corrected chi connectivity index (χ3v) is 5.56. The fraction of sp³-hybridized carbons (Fsp3) is 0.273. The Bertz CT molecular complexity index is 1060. The van der Waals surface area contributed by atoms with E-state index in [-0.39, 0.29) is 16.8 Å². The van der Waals surface area contributed by atoms with Gasteiger partial charge in [-0.2, -0.15) is 10.4 Å². The number of halogens is 3. The molecule has 0 bridgehead atoms. The first-order valence-electron chi connectivity index (χ1n) is 9.46. The van der Waals surface area contributed by atoms with Crippen molar-refractivity contribution in [2.24, 2.45) is 5.92 Å². The Kier molecular flexibility index (Phi) is 5.61. The van der Waals surface area contributed by atoms with Gasteiger partial charge in [0.2, 0.25) is 0 Å². The minimum absolute atomic E-state index is 0.0378. The van der Waals surface area contributed by atoms with E-state index in [0.29, 0.717) is 23.5 Å². The summed E-state index contributed by atoms with van der Waals surface area (Å²) in [5, 5.41) is 13.7. The van der Waals surface area contributed by atoms with E-state index in [0.717, 1.165) is 31.5 Å². The van der Waals surface area contributed by atoms with E-state index in [1.807, 2.05) is 0 Å². The number of nitrogens with zero attached hydrogens (tertiary/aromatic N) is 4. The molecule has 1 aromatic heterocycles. The Morgan fingerprint density at radius 3 is 2.55 bits per heavy atom. The molecule has 4 rings (SSSR count). The highest BCUT2D eigenvalue weighted by molar-refractivity contribution is 6.30. The molecule has 1 fully saturated rings. The zero-order chi connectivity index (χ0) is 20.4. The predicted octanol–water partition coefficient (Wildman–Crippen LogP) is 5.21. The Balaban J connectivity index is 1.70. The molecule has 0 atom stereocenters. The molecule has 1 saturated heterocycles. The molecule has 1 aliphatic rings. The lowest BCUT2D eigenvalue weighted by molar-refractivity contribution is 0.198. The van der Waals surface area contributed by atoms with Crippen molar-refractivity contribution in [1.29, 1.82) is 5.26 Å². The van der Waals surface area contributed by atoms with Crippen LogP contribution in [0.25, 0.3) is 16.9 Å². The van der Waals surface area contributed by atoms with E-state index >= 15 is 0 Å². The average molecular weight is 413 g/mol. The van der Waals surface area contributed by atoms with Gasteiger partial charge in [-0.1, -0.05) is 23.7 Å². The number of nitriles is 1. The van der Waals surface area contributed by atoms with Crippen molar-refractivity contribution < 1.29 is 8.78 Å². The topological polar surface area (TPSA) is 44.9 Å². The fourth-order valence-electron chi connectivity index (χ4n) is 3.63. The number of rotatable bonds is 4. The van der Waals surface area contributed by atoms with E-state index in [4.69, 9.17) is 16.9 Å². The second-order valence-corrected chi connectivity index (χ2v) is 7.61. The second-order valence-electron chi connectivity index (χ2n) is 7.21. The van der Waals surface area contributed by atoms with Gasteiger partial charge in [-0.3, -0.25) is 4.90 Å². The molecule has 0 aliphatic carbocycles. The summed E-state index contributed by atoms with van der Waals surface area (Å²) in [6.45, 7) is 2.18. The first-order chi connectivity index (χ1) is 14.0. The summed E-state index contributed by atoms with van der Waals surface area (Å²) in [6, 6.07) is 13.3. The number of likely N-dealkylation sites (tertiary alicyclic amines) is 1. The second kappa shape index (κ2) is 8.32. The van der Waals surface area contributed by atoms with Crippen LogP contribution in [0.15, 0.2) is 48.7 Å². The third kappa shape index (κ3) is 4.16. The van der Waals surface area contributed by atoms with Crippen LogP contribution in [0.2, 0.25) is 5.02 Å². The molecule has 3 aromatic rings. The molecule has 7 heteroatoms. The van der Waals surface area contributed by atoms with Crippen LogP contribution in [0.5, 0.6) is 0 Å². The summed E-state index contributed by atoms with van der Waals surface area (Å²) in [5.74, 6) is -0.797. The van der Waals surface area contributed by atoms with Gasteiger partial charge in [0.25, 0.3) is 0 Å². The monoisotopic (exact) mass is 412 g/mol. The number of benzene rings is 2. The zero-order valence-corrected chi connectivity index (χ0v) is 16.4. The summed E-state index contributed by atoms with van der Waals surface area (Å²) in [5.41, 5.74) is 2.29. The van der Waals surface area contributed by atoms with Gasteiger partial charge in [-0.05, 0) is 50.2 Å². The summed E-state index contributed by atoms with van der Waals surface area (Å²) < 4.78 is 30.0. The van der Waals surface area contributed by atoms with Crippen LogP contribution in [-0.4, -0.2) is 27.8 Å². The number of hydrogen-bond acceptors (Lipinski definition) is 3. The van der Waals surface area contributed by atoms with Crippen LogP contribution in [0, 0.1) is 28.9 Å². The van der Waals surface area contributed by atoms with Crippen molar-refractivity contribution >= 4 is 11.6 Å². The molecule has 0 saturated carbocycles. The Morgan fingerprint density at radius 2 is 1.86 bits per heavy atom. The molecule has 0 amide bonds. The van der Waals surface area contributed by atoms with Gasteiger partial charge in [0, 0.05) is 35.9 Å². The normalized spacial score (nSPS) is 15.4. The van der Waals surface area contributed by atoms with E-state index < -0.39 is 5.82 Å². The van der Waals surface area contributed by atoms with Gasteiger partial charge in [-0.25, -0.2) is 13.5 Å². The van der Waals surface area contributed by atoms with E-state index in [1.54, 1.807) is 35.1 Å². The van der Waals surface area contributed by atoms with Gasteiger partial charge in [-0.15, -0.1) is 0 Å². The maximum absolute atomic E-state index is 14.5. The average Bonchev–Trinajstić information content (AvgIpc) is 3.14. The highest BCUT2D eigenvalue weighted by Gasteiger charge is 2.22. The smallest absolute Gasteiger partial charge is 0.143 e.